The number of benzene rings is 1. The average Bonchev–Trinajstić information content (AvgIpc) is 2.53. The first-order valence-electron chi connectivity index (χ1n) is 7.27. The zero-order valence-electron chi connectivity index (χ0n) is 12.0. The van der Waals surface area contributed by atoms with Crippen LogP contribution in [0.15, 0.2) is 30.5 Å². The molecule has 1 unspecified atom stereocenters. The van der Waals surface area contributed by atoms with Crippen LogP contribution in [0.25, 0.3) is 10.8 Å². The molecular weight excluding hydrogens is 266 g/mol. The highest BCUT2D eigenvalue weighted by molar-refractivity contribution is 6.02. The highest BCUT2D eigenvalue weighted by Gasteiger charge is 2.30. The molecule has 2 heterocycles. The van der Waals surface area contributed by atoms with E-state index in [1.54, 1.807) is 6.20 Å². The Morgan fingerprint density at radius 2 is 2.24 bits per heavy atom. The molecule has 1 aromatic carbocycles. The maximum Gasteiger partial charge on any atom is 0.326 e. The number of rotatable bonds is 3. The number of carboxylic acids is 1. The van der Waals surface area contributed by atoms with Crippen LogP contribution in [0, 0.1) is 0 Å². The molecule has 3 rings (SSSR count). The number of hydrogen-bond acceptors (Lipinski definition) is 4. The molecular formula is C16H19N3O2. The molecule has 1 aliphatic rings. The SMILES string of the molecule is CNc1cccc2ccnc(N3CCCCC3C(=O)O)c12. The number of nitrogens with one attached hydrogen (secondary N) is 1. The van der Waals surface area contributed by atoms with Crippen molar-refractivity contribution in [1.82, 2.24) is 4.98 Å². The lowest BCUT2D eigenvalue weighted by molar-refractivity contribution is -0.139. The maximum absolute atomic E-state index is 11.5. The minimum Gasteiger partial charge on any atom is -0.480 e. The number of aromatic nitrogens is 1. The van der Waals surface area contributed by atoms with Gasteiger partial charge in [0.15, 0.2) is 0 Å². The smallest absolute Gasteiger partial charge is 0.326 e. The minimum absolute atomic E-state index is 0.484. The number of fused-ring (bicyclic) bond motifs is 1. The first kappa shape index (κ1) is 13.7. The highest BCUT2D eigenvalue weighted by Crippen LogP contribution is 2.34. The van der Waals surface area contributed by atoms with Crippen LogP contribution in [0.5, 0.6) is 0 Å². The van der Waals surface area contributed by atoms with Crippen molar-refractivity contribution in [1.29, 1.82) is 0 Å². The first-order chi connectivity index (χ1) is 10.2. The third kappa shape index (κ3) is 2.39. The van der Waals surface area contributed by atoms with Crippen LogP contribution in [0.1, 0.15) is 19.3 Å². The Kier molecular flexibility index (Phi) is 3.64. The van der Waals surface area contributed by atoms with Gasteiger partial charge in [0.25, 0.3) is 0 Å². The molecule has 0 amide bonds. The molecule has 0 bridgehead atoms. The van der Waals surface area contributed by atoms with Crippen LogP contribution >= 0.6 is 0 Å². The van der Waals surface area contributed by atoms with Gasteiger partial charge in [0.05, 0.1) is 0 Å². The number of piperidine rings is 1. The molecule has 0 saturated carbocycles. The van der Waals surface area contributed by atoms with Crippen molar-refractivity contribution < 1.29 is 9.90 Å². The van der Waals surface area contributed by atoms with Crippen LogP contribution in [0.4, 0.5) is 11.5 Å². The standard InChI is InChI=1S/C16H19N3O2/c1-17-12-6-4-5-11-8-9-18-15(14(11)12)19-10-3-2-7-13(19)16(20)21/h4-6,8-9,13,17H,2-3,7,10H2,1H3,(H,20,21). The molecule has 2 N–H and O–H groups in total. The van der Waals surface area contributed by atoms with Crippen molar-refractivity contribution in [3.63, 3.8) is 0 Å². The summed E-state index contributed by atoms with van der Waals surface area (Å²) in [5, 5.41) is 14.7. The molecule has 1 aliphatic heterocycles. The fourth-order valence-corrected chi connectivity index (χ4v) is 3.08. The summed E-state index contributed by atoms with van der Waals surface area (Å²) in [6.07, 6.45) is 4.39. The number of carboxylic acid groups (broad SMARTS) is 1. The van der Waals surface area contributed by atoms with E-state index in [4.69, 9.17) is 0 Å². The Morgan fingerprint density at radius 3 is 3.00 bits per heavy atom. The molecule has 1 fully saturated rings. The third-order valence-corrected chi connectivity index (χ3v) is 4.10. The van der Waals surface area contributed by atoms with Gasteiger partial charge >= 0.3 is 5.97 Å². The van der Waals surface area contributed by atoms with Crippen LogP contribution in [0.2, 0.25) is 0 Å². The number of anilines is 2. The number of nitrogens with zero attached hydrogens (tertiary/aromatic N) is 2. The summed E-state index contributed by atoms with van der Waals surface area (Å²) in [5.74, 6) is -0.00000756. The van der Waals surface area contributed by atoms with Gasteiger partial charge < -0.3 is 15.3 Å². The molecule has 0 spiro atoms. The van der Waals surface area contributed by atoms with Crippen molar-refractivity contribution in [3.05, 3.63) is 30.5 Å². The Labute approximate surface area is 123 Å². The quantitative estimate of drug-likeness (QED) is 0.907. The van der Waals surface area contributed by atoms with E-state index in [0.29, 0.717) is 6.42 Å². The lowest BCUT2D eigenvalue weighted by Gasteiger charge is -2.34. The predicted molar refractivity (Wildman–Crippen MR) is 83.9 cm³/mol. The molecule has 5 heteroatoms. The van der Waals surface area contributed by atoms with E-state index in [1.165, 1.54) is 0 Å². The third-order valence-electron chi connectivity index (χ3n) is 4.10. The molecule has 0 radical (unpaired) electrons. The lowest BCUT2D eigenvalue weighted by Crippen LogP contribution is -2.45. The minimum atomic E-state index is -0.768. The van der Waals surface area contributed by atoms with Gasteiger partial charge in [-0.3, -0.25) is 0 Å². The zero-order valence-corrected chi connectivity index (χ0v) is 12.0. The summed E-state index contributed by atoms with van der Waals surface area (Å²) in [7, 11) is 1.87. The van der Waals surface area contributed by atoms with Crippen LogP contribution in [-0.2, 0) is 4.79 Å². The van der Waals surface area contributed by atoms with Crippen molar-refractivity contribution in [2.24, 2.45) is 0 Å². The summed E-state index contributed by atoms with van der Waals surface area (Å²) < 4.78 is 0. The Balaban J connectivity index is 2.16. The normalized spacial score (nSPS) is 18.7. The van der Waals surface area contributed by atoms with E-state index in [-0.39, 0.29) is 0 Å². The summed E-state index contributed by atoms with van der Waals surface area (Å²) >= 11 is 0. The molecule has 0 aliphatic carbocycles. The second-order valence-corrected chi connectivity index (χ2v) is 5.33. The zero-order chi connectivity index (χ0) is 14.8. The highest BCUT2D eigenvalue weighted by atomic mass is 16.4. The van der Waals surface area contributed by atoms with Gasteiger partial charge in [-0.15, -0.1) is 0 Å². The molecule has 21 heavy (non-hydrogen) atoms. The topological polar surface area (TPSA) is 65.5 Å². The van der Waals surface area contributed by atoms with Crippen LogP contribution in [-0.4, -0.2) is 35.7 Å². The van der Waals surface area contributed by atoms with Gasteiger partial charge in [0, 0.05) is 30.9 Å². The maximum atomic E-state index is 11.5. The Hall–Kier alpha value is -2.30. The van der Waals surface area contributed by atoms with E-state index >= 15 is 0 Å². The summed E-state index contributed by atoms with van der Waals surface area (Å²) in [6.45, 7) is 0.737. The summed E-state index contributed by atoms with van der Waals surface area (Å²) in [4.78, 5) is 18.0. The van der Waals surface area contributed by atoms with Crippen molar-refractivity contribution >= 4 is 28.2 Å². The molecule has 110 valence electrons. The summed E-state index contributed by atoms with van der Waals surface area (Å²) in [6, 6.07) is 7.48. The molecule has 1 aromatic heterocycles. The Bertz CT molecular complexity index is 666. The van der Waals surface area contributed by atoms with Crippen molar-refractivity contribution in [3.8, 4) is 0 Å². The van der Waals surface area contributed by atoms with E-state index in [1.807, 2.05) is 36.2 Å². The fourth-order valence-electron chi connectivity index (χ4n) is 3.08. The van der Waals surface area contributed by atoms with Gasteiger partial charge in [-0.1, -0.05) is 12.1 Å². The second kappa shape index (κ2) is 5.60. The van der Waals surface area contributed by atoms with Gasteiger partial charge in [0.1, 0.15) is 11.9 Å². The average molecular weight is 285 g/mol. The monoisotopic (exact) mass is 285 g/mol. The second-order valence-electron chi connectivity index (χ2n) is 5.33. The van der Waals surface area contributed by atoms with Crippen LogP contribution < -0.4 is 10.2 Å². The van der Waals surface area contributed by atoms with Gasteiger partial charge in [-0.05, 0) is 36.8 Å². The van der Waals surface area contributed by atoms with E-state index in [9.17, 15) is 9.90 Å². The molecule has 1 atom stereocenters. The van der Waals surface area contributed by atoms with E-state index in [2.05, 4.69) is 10.3 Å². The van der Waals surface area contributed by atoms with E-state index < -0.39 is 12.0 Å². The fraction of sp³-hybridized carbons (Fsp3) is 0.375. The number of pyridine rings is 1. The predicted octanol–water partition coefficient (Wildman–Crippen LogP) is 2.72. The van der Waals surface area contributed by atoms with Gasteiger partial charge in [-0.25, -0.2) is 9.78 Å². The molecule has 2 aromatic rings. The van der Waals surface area contributed by atoms with Gasteiger partial charge in [0.2, 0.25) is 0 Å². The van der Waals surface area contributed by atoms with Crippen molar-refractivity contribution in [2.45, 2.75) is 25.3 Å². The van der Waals surface area contributed by atoms with E-state index in [0.717, 1.165) is 41.7 Å². The molecule has 5 nitrogen and oxygen atoms in total. The molecule has 1 saturated heterocycles. The lowest BCUT2D eigenvalue weighted by atomic mass is 10.0. The van der Waals surface area contributed by atoms with Crippen molar-refractivity contribution in [2.75, 3.05) is 23.8 Å². The first-order valence-corrected chi connectivity index (χ1v) is 7.27. The van der Waals surface area contributed by atoms with Gasteiger partial charge in [-0.2, -0.15) is 0 Å². The summed E-state index contributed by atoms with van der Waals surface area (Å²) in [5.41, 5.74) is 0.977. The number of aliphatic carboxylic acids is 1. The Morgan fingerprint density at radius 1 is 1.38 bits per heavy atom. The van der Waals surface area contributed by atoms with Crippen LogP contribution in [0.3, 0.4) is 0 Å². The number of carbonyl (C=O) groups is 1. The number of hydrogen-bond donors (Lipinski definition) is 2. The largest absolute Gasteiger partial charge is 0.480 e.